The summed E-state index contributed by atoms with van der Waals surface area (Å²) >= 11 is 0. The zero-order valence-electron chi connectivity index (χ0n) is 8.31. The number of rotatable bonds is 3. The van der Waals surface area contributed by atoms with Crippen LogP contribution < -0.4 is 4.74 Å². The quantitative estimate of drug-likeness (QED) is 0.365. The highest BCUT2D eigenvalue weighted by Gasteiger charge is 2.40. The van der Waals surface area contributed by atoms with Crippen molar-refractivity contribution in [1.29, 1.82) is 0 Å². The average molecular weight is 325 g/mol. The fraction of sp³-hybridized carbons (Fsp3) is 0.167. The Hall–Kier alpha value is -1.69. The molecule has 1 aromatic rings. The van der Waals surface area contributed by atoms with Crippen molar-refractivity contribution in [3.8, 4) is 5.88 Å². The maximum Gasteiger partial charge on any atom is 0.575 e. The number of hydrogen-bond donors (Lipinski definition) is 0. The van der Waals surface area contributed by atoms with Crippen LogP contribution in [0.1, 0.15) is 0 Å². The third-order valence-electron chi connectivity index (χ3n) is 1.53. The Morgan fingerprint density at radius 3 is 2.32 bits per heavy atom. The average Bonchev–Trinajstić information content (AvgIpc) is 2.10. The highest BCUT2D eigenvalue weighted by molar-refractivity contribution is 8.13. The van der Waals surface area contributed by atoms with Gasteiger partial charge in [-0.3, -0.25) is 0 Å². The third kappa shape index (κ3) is 3.89. The van der Waals surface area contributed by atoms with E-state index in [1.807, 2.05) is 0 Å². The summed E-state index contributed by atoms with van der Waals surface area (Å²) in [6.45, 7) is 0. The summed E-state index contributed by atoms with van der Waals surface area (Å²) < 4.78 is 74.2. The van der Waals surface area contributed by atoms with Gasteiger partial charge in [-0.15, -0.1) is 13.2 Å². The molecule has 0 aromatic carbocycles. The Morgan fingerprint density at radius 1 is 1.42 bits per heavy atom. The molecular formula is C6HClF4N2O5S. The summed E-state index contributed by atoms with van der Waals surface area (Å²) in [7, 11) is -0.287. The molecule has 0 unspecified atom stereocenters. The second-order valence-electron chi connectivity index (χ2n) is 2.84. The van der Waals surface area contributed by atoms with Crippen molar-refractivity contribution in [3.63, 3.8) is 0 Å². The molecule has 0 amide bonds. The van der Waals surface area contributed by atoms with Gasteiger partial charge in [-0.25, -0.2) is 12.8 Å². The lowest BCUT2D eigenvalue weighted by molar-refractivity contribution is -0.390. The standard InChI is InChI=1S/C6HClF4N2O5S/c7-19(16,17)4-2(8)1-3(13(14)15)12-5(4)18-6(9,10)11/h1H. The van der Waals surface area contributed by atoms with E-state index in [0.29, 0.717) is 0 Å². The molecule has 7 nitrogen and oxygen atoms in total. The van der Waals surface area contributed by atoms with Crippen LogP contribution in [0.4, 0.5) is 23.4 Å². The van der Waals surface area contributed by atoms with Gasteiger partial charge >= 0.3 is 18.1 Å². The number of hydrogen-bond acceptors (Lipinski definition) is 6. The molecule has 0 radical (unpaired) electrons. The highest BCUT2D eigenvalue weighted by atomic mass is 35.7. The Kier molecular flexibility index (Phi) is 3.86. The van der Waals surface area contributed by atoms with E-state index >= 15 is 0 Å². The zero-order chi connectivity index (χ0) is 15.0. The van der Waals surface area contributed by atoms with Gasteiger partial charge in [0.1, 0.15) is 0 Å². The van der Waals surface area contributed by atoms with E-state index in [-0.39, 0.29) is 6.07 Å². The highest BCUT2D eigenvalue weighted by Crippen LogP contribution is 2.33. The Bertz CT molecular complexity index is 631. The lowest BCUT2D eigenvalue weighted by Gasteiger charge is -2.07. The van der Waals surface area contributed by atoms with Crippen LogP contribution >= 0.6 is 10.7 Å². The van der Waals surface area contributed by atoms with Gasteiger partial charge in [0.25, 0.3) is 9.05 Å². The molecule has 0 saturated heterocycles. The van der Waals surface area contributed by atoms with Crippen LogP contribution in [0.15, 0.2) is 11.0 Å². The largest absolute Gasteiger partial charge is 0.575 e. The lowest BCUT2D eigenvalue weighted by Crippen LogP contribution is -2.20. The Labute approximate surface area is 106 Å². The monoisotopic (exact) mass is 324 g/mol. The van der Waals surface area contributed by atoms with Gasteiger partial charge in [0, 0.05) is 15.7 Å². The van der Waals surface area contributed by atoms with Crippen molar-refractivity contribution < 1.29 is 35.6 Å². The molecule has 0 spiro atoms. The Balaban J connectivity index is 3.59. The van der Waals surface area contributed by atoms with Gasteiger partial charge in [0.15, 0.2) is 5.82 Å². The molecule has 0 aliphatic carbocycles. The molecule has 0 bridgehead atoms. The van der Waals surface area contributed by atoms with Crippen LogP contribution in [0.25, 0.3) is 0 Å². The molecule has 0 atom stereocenters. The minimum atomic E-state index is -5.44. The van der Waals surface area contributed by atoms with E-state index < -0.39 is 42.7 Å². The predicted octanol–water partition coefficient (Wildman–Crippen LogP) is 1.95. The lowest BCUT2D eigenvalue weighted by atomic mass is 10.4. The maximum atomic E-state index is 13.3. The second kappa shape index (κ2) is 4.77. The predicted molar refractivity (Wildman–Crippen MR) is 50.6 cm³/mol. The SMILES string of the molecule is O=[N+]([O-])c1cc(F)c(S(=O)(=O)Cl)c(OC(F)(F)F)n1. The van der Waals surface area contributed by atoms with E-state index in [1.54, 1.807) is 0 Å². The number of aromatic nitrogens is 1. The topological polar surface area (TPSA) is 99.4 Å². The summed E-state index contributed by atoms with van der Waals surface area (Å²) in [4.78, 5) is 9.85. The molecule has 106 valence electrons. The van der Waals surface area contributed by atoms with E-state index in [0.717, 1.165) is 0 Å². The molecule has 0 fully saturated rings. The normalized spacial score (nSPS) is 12.3. The van der Waals surface area contributed by atoms with Crippen molar-refractivity contribution in [2.24, 2.45) is 0 Å². The van der Waals surface area contributed by atoms with E-state index in [4.69, 9.17) is 10.7 Å². The summed E-state index contributed by atoms with van der Waals surface area (Å²) in [6.07, 6.45) is -5.44. The molecule has 19 heavy (non-hydrogen) atoms. The first kappa shape index (κ1) is 15.4. The molecular weight excluding hydrogens is 324 g/mol. The van der Waals surface area contributed by atoms with E-state index in [2.05, 4.69) is 9.72 Å². The molecule has 1 aromatic heterocycles. The first-order valence-electron chi connectivity index (χ1n) is 3.97. The fourth-order valence-electron chi connectivity index (χ4n) is 0.961. The van der Waals surface area contributed by atoms with Crippen LogP contribution in [0.3, 0.4) is 0 Å². The molecule has 0 saturated carbocycles. The number of nitrogens with zero attached hydrogens (tertiary/aromatic N) is 2. The van der Waals surface area contributed by atoms with Crippen molar-refractivity contribution in [2.75, 3.05) is 0 Å². The van der Waals surface area contributed by atoms with E-state index in [9.17, 15) is 36.1 Å². The van der Waals surface area contributed by atoms with Crippen LogP contribution in [0.5, 0.6) is 5.88 Å². The summed E-state index contributed by atoms with van der Waals surface area (Å²) in [5, 5.41) is 10.3. The van der Waals surface area contributed by atoms with Crippen LogP contribution in [0, 0.1) is 15.9 Å². The molecule has 1 heterocycles. The molecule has 0 aliphatic heterocycles. The van der Waals surface area contributed by atoms with Crippen molar-refractivity contribution in [1.82, 2.24) is 4.98 Å². The first-order valence-corrected chi connectivity index (χ1v) is 6.28. The third-order valence-corrected chi connectivity index (χ3v) is 2.85. The van der Waals surface area contributed by atoms with Crippen molar-refractivity contribution >= 4 is 25.6 Å². The fourth-order valence-corrected chi connectivity index (χ4v) is 1.97. The summed E-state index contributed by atoms with van der Waals surface area (Å²) in [5.41, 5.74) is 0. The van der Waals surface area contributed by atoms with Gasteiger partial charge in [-0.05, 0) is 4.92 Å². The maximum absolute atomic E-state index is 13.3. The minimum absolute atomic E-state index is 0.00149. The van der Waals surface area contributed by atoms with Gasteiger partial charge in [0.2, 0.25) is 4.90 Å². The summed E-state index contributed by atoms with van der Waals surface area (Å²) in [6, 6.07) is -0.00149. The van der Waals surface area contributed by atoms with Crippen LogP contribution in [0.2, 0.25) is 0 Å². The van der Waals surface area contributed by atoms with Gasteiger partial charge in [0.05, 0.1) is 6.07 Å². The van der Waals surface area contributed by atoms with Gasteiger partial charge in [-0.2, -0.15) is 0 Å². The zero-order valence-corrected chi connectivity index (χ0v) is 9.88. The molecule has 0 aliphatic rings. The second-order valence-corrected chi connectivity index (χ2v) is 5.34. The summed E-state index contributed by atoms with van der Waals surface area (Å²) in [5.74, 6) is -5.13. The number of nitro groups is 1. The van der Waals surface area contributed by atoms with Crippen LogP contribution in [-0.2, 0) is 9.05 Å². The van der Waals surface area contributed by atoms with Gasteiger partial charge < -0.3 is 14.9 Å². The smallest absolute Gasteiger partial charge is 0.365 e. The molecule has 0 N–H and O–H groups in total. The Morgan fingerprint density at radius 2 is 1.95 bits per heavy atom. The number of ether oxygens (including phenoxy) is 1. The van der Waals surface area contributed by atoms with Crippen molar-refractivity contribution in [3.05, 3.63) is 22.0 Å². The minimum Gasteiger partial charge on any atom is -0.365 e. The molecule has 1 rings (SSSR count). The number of pyridine rings is 1. The number of halogens is 5. The van der Waals surface area contributed by atoms with Crippen molar-refractivity contribution in [2.45, 2.75) is 11.3 Å². The van der Waals surface area contributed by atoms with Crippen LogP contribution in [-0.4, -0.2) is 24.7 Å². The first-order chi connectivity index (χ1) is 8.42. The number of alkyl halides is 3. The van der Waals surface area contributed by atoms with Gasteiger partial charge in [-0.1, -0.05) is 0 Å². The van der Waals surface area contributed by atoms with E-state index in [1.165, 1.54) is 0 Å². The molecule has 13 heteroatoms.